The minimum absolute atomic E-state index is 0.900. The molecule has 0 saturated carbocycles. The Morgan fingerprint density at radius 2 is 0.898 bits per heavy atom. The van der Waals surface area contributed by atoms with Gasteiger partial charge in [0.05, 0.1) is 0 Å². The van der Waals surface area contributed by atoms with E-state index < -0.39 is 0 Å². The summed E-state index contributed by atoms with van der Waals surface area (Å²) < 4.78 is 6.58. The van der Waals surface area contributed by atoms with Crippen LogP contribution in [0.1, 0.15) is 0 Å². The Labute approximate surface area is 283 Å². The van der Waals surface area contributed by atoms with E-state index in [1.54, 1.807) is 0 Å². The van der Waals surface area contributed by atoms with Crippen LogP contribution in [0.4, 0.5) is 0 Å². The van der Waals surface area contributed by atoms with Crippen LogP contribution < -0.4 is 4.74 Å². The van der Waals surface area contributed by atoms with Gasteiger partial charge in [0.25, 0.3) is 0 Å². The van der Waals surface area contributed by atoms with Gasteiger partial charge in [-0.15, -0.1) is 0 Å². The van der Waals surface area contributed by atoms with Gasteiger partial charge in [0, 0.05) is 10.9 Å². The highest BCUT2D eigenvalue weighted by Crippen LogP contribution is 2.50. The average Bonchev–Trinajstić information content (AvgIpc) is 3.17. The molecule has 226 valence electrons. The van der Waals surface area contributed by atoms with Gasteiger partial charge in [-0.2, -0.15) is 0 Å². The van der Waals surface area contributed by atoms with E-state index in [0.29, 0.717) is 0 Å². The summed E-state index contributed by atoms with van der Waals surface area (Å²) in [6.45, 7) is 0. The molecule has 0 unspecified atom stereocenters. The van der Waals surface area contributed by atoms with Crippen LogP contribution in [0, 0.1) is 0 Å². The molecule has 1 aliphatic rings. The largest absolute Gasteiger partial charge is 0.456 e. The van der Waals surface area contributed by atoms with E-state index in [1.165, 1.54) is 92.8 Å². The molecule has 1 heterocycles. The van der Waals surface area contributed by atoms with Crippen LogP contribution in [0.3, 0.4) is 0 Å². The van der Waals surface area contributed by atoms with Crippen molar-refractivity contribution >= 4 is 53.9 Å². The molecule has 0 saturated heterocycles. The van der Waals surface area contributed by atoms with Gasteiger partial charge in [0.1, 0.15) is 11.5 Å². The van der Waals surface area contributed by atoms with Gasteiger partial charge < -0.3 is 4.74 Å². The van der Waals surface area contributed by atoms with Crippen molar-refractivity contribution in [3.05, 3.63) is 170 Å². The molecule has 49 heavy (non-hydrogen) atoms. The Bertz CT molecular complexity index is 2950. The van der Waals surface area contributed by atoms with Gasteiger partial charge in [-0.05, 0) is 112 Å². The van der Waals surface area contributed by atoms with Crippen LogP contribution in [0.5, 0.6) is 11.5 Å². The van der Waals surface area contributed by atoms with Gasteiger partial charge in [0.15, 0.2) is 0 Å². The van der Waals surface area contributed by atoms with Gasteiger partial charge >= 0.3 is 0 Å². The highest BCUT2D eigenvalue weighted by atomic mass is 16.5. The van der Waals surface area contributed by atoms with Crippen LogP contribution in [0.2, 0.25) is 0 Å². The maximum Gasteiger partial charge on any atom is 0.136 e. The third-order valence-electron chi connectivity index (χ3n) is 10.6. The van der Waals surface area contributed by atoms with Crippen LogP contribution >= 0.6 is 0 Å². The monoisotopic (exact) mass is 620 g/mol. The topological polar surface area (TPSA) is 9.23 Å². The van der Waals surface area contributed by atoms with Crippen molar-refractivity contribution < 1.29 is 4.74 Å². The first-order chi connectivity index (χ1) is 24.3. The molecule has 1 nitrogen and oxygen atoms in total. The van der Waals surface area contributed by atoms with Crippen LogP contribution in [0.15, 0.2) is 170 Å². The van der Waals surface area contributed by atoms with Crippen LogP contribution in [-0.2, 0) is 0 Å². The summed E-state index contributed by atoms with van der Waals surface area (Å²) in [5, 5.41) is 12.7. The molecule has 1 heteroatoms. The van der Waals surface area contributed by atoms with E-state index in [1.807, 2.05) is 0 Å². The van der Waals surface area contributed by atoms with E-state index in [4.69, 9.17) is 4.74 Å². The molecular weight excluding hydrogens is 593 g/mol. The quantitative estimate of drug-likeness (QED) is 0.179. The predicted octanol–water partition coefficient (Wildman–Crippen LogP) is 13.7. The molecule has 10 aromatic rings. The molecule has 0 N–H and O–H groups in total. The van der Waals surface area contributed by atoms with Crippen molar-refractivity contribution in [1.82, 2.24) is 0 Å². The van der Waals surface area contributed by atoms with Gasteiger partial charge in [0.2, 0.25) is 0 Å². The van der Waals surface area contributed by atoms with Gasteiger partial charge in [-0.3, -0.25) is 0 Å². The minimum atomic E-state index is 0.900. The van der Waals surface area contributed by atoms with E-state index >= 15 is 0 Å². The van der Waals surface area contributed by atoms with E-state index in [0.717, 1.165) is 17.1 Å². The smallest absolute Gasteiger partial charge is 0.136 e. The van der Waals surface area contributed by atoms with Crippen molar-refractivity contribution in [2.45, 2.75) is 0 Å². The van der Waals surface area contributed by atoms with Crippen molar-refractivity contribution in [2.24, 2.45) is 0 Å². The Hall–Kier alpha value is -6.44. The number of rotatable bonds is 3. The summed E-state index contributed by atoms with van der Waals surface area (Å²) in [5.74, 6) is 1.83. The number of hydrogen-bond donors (Lipinski definition) is 0. The maximum absolute atomic E-state index is 6.58. The first-order valence-corrected chi connectivity index (χ1v) is 16.9. The Morgan fingerprint density at radius 1 is 0.265 bits per heavy atom. The molecule has 0 fully saturated rings. The van der Waals surface area contributed by atoms with Crippen molar-refractivity contribution in [1.29, 1.82) is 0 Å². The summed E-state index contributed by atoms with van der Waals surface area (Å²) in [5.41, 5.74) is 9.71. The SMILES string of the molecule is c1ccc(-c2ccc3ccc4c(-c5cccc(-c6ccc7c(c6)-c6cccc8c6c(cc6ccccc68)O7)c5)ccc5ccc2c3c54)cc1. The lowest BCUT2D eigenvalue weighted by molar-refractivity contribution is 0.488. The molecule has 0 radical (unpaired) electrons. The van der Waals surface area contributed by atoms with Crippen LogP contribution in [-0.4, -0.2) is 0 Å². The summed E-state index contributed by atoms with van der Waals surface area (Å²) in [4.78, 5) is 0. The molecule has 0 atom stereocenters. The van der Waals surface area contributed by atoms with Crippen molar-refractivity contribution in [2.75, 3.05) is 0 Å². The second-order valence-electron chi connectivity index (χ2n) is 13.2. The molecule has 0 aliphatic carbocycles. The van der Waals surface area contributed by atoms with E-state index in [-0.39, 0.29) is 0 Å². The molecule has 0 amide bonds. The maximum atomic E-state index is 6.58. The van der Waals surface area contributed by atoms with Gasteiger partial charge in [-0.25, -0.2) is 0 Å². The minimum Gasteiger partial charge on any atom is -0.456 e. The summed E-state index contributed by atoms with van der Waals surface area (Å²) in [7, 11) is 0. The van der Waals surface area contributed by atoms with Crippen molar-refractivity contribution in [3.8, 4) is 56.0 Å². The molecule has 1 aliphatic heterocycles. The number of hydrogen-bond acceptors (Lipinski definition) is 1. The molecular formula is C48H28O. The summed E-state index contributed by atoms with van der Waals surface area (Å²) in [6.07, 6.45) is 0. The zero-order valence-electron chi connectivity index (χ0n) is 26.6. The summed E-state index contributed by atoms with van der Waals surface area (Å²) >= 11 is 0. The highest BCUT2D eigenvalue weighted by molar-refractivity contribution is 6.27. The molecule has 0 aromatic heterocycles. The van der Waals surface area contributed by atoms with Crippen LogP contribution in [0.25, 0.3) is 98.4 Å². The third-order valence-corrected chi connectivity index (χ3v) is 10.6. The fraction of sp³-hybridized carbons (Fsp3) is 0. The van der Waals surface area contributed by atoms with E-state index in [2.05, 4.69) is 170 Å². The standard InChI is InChI=1S/C48H28O/c1-2-8-29(9-3-1)37-21-16-30-19-24-42-38(22-17-31-18-23-41(37)46(30)47(31)42)34-12-6-11-32(26-34)33-20-25-44-43(27-33)40-15-7-14-39-36-13-5-4-10-35(36)28-45(49-44)48(39)40/h1-28H. The number of fused-ring (bicyclic) bond motifs is 4. The fourth-order valence-electron chi connectivity index (χ4n) is 8.34. The third kappa shape index (κ3) is 3.87. The lowest BCUT2D eigenvalue weighted by Gasteiger charge is -2.23. The molecule has 0 bridgehead atoms. The highest BCUT2D eigenvalue weighted by Gasteiger charge is 2.22. The lowest BCUT2D eigenvalue weighted by atomic mass is 9.86. The Balaban J connectivity index is 1.06. The Morgan fingerprint density at radius 3 is 1.71 bits per heavy atom. The second kappa shape index (κ2) is 10.0. The Kier molecular flexibility index (Phi) is 5.45. The normalized spacial score (nSPS) is 12.2. The zero-order chi connectivity index (χ0) is 32.1. The fourth-order valence-corrected chi connectivity index (χ4v) is 8.34. The van der Waals surface area contributed by atoms with Gasteiger partial charge in [-0.1, -0.05) is 146 Å². The second-order valence-corrected chi connectivity index (χ2v) is 13.2. The first kappa shape index (κ1) is 26.6. The van der Waals surface area contributed by atoms with Crippen molar-refractivity contribution in [3.63, 3.8) is 0 Å². The van der Waals surface area contributed by atoms with E-state index in [9.17, 15) is 0 Å². The predicted molar refractivity (Wildman–Crippen MR) is 207 cm³/mol. The molecule has 0 spiro atoms. The first-order valence-electron chi connectivity index (χ1n) is 16.9. The summed E-state index contributed by atoms with van der Waals surface area (Å²) in [6, 6.07) is 62.0. The molecule has 11 rings (SSSR count). The zero-order valence-corrected chi connectivity index (χ0v) is 26.6. The number of ether oxygens (including phenoxy) is 1. The number of benzene rings is 10. The average molecular weight is 621 g/mol. The molecule has 10 aromatic carbocycles. The lowest BCUT2D eigenvalue weighted by Crippen LogP contribution is -1.98.